The van der Waals surface area contributed by atoms with Gasteiger partial charge in [-0.25, -0.2) is 0 Å². The molecule has 0 aliphatic carbocycles. The molecule has 2 rings (SSSR count). The molecule has 104 valence electrons. The summed E-state index contributed by atoms with van der Waals surface area (Å²) in [5.74, 6) is 0.693. The molecule has 2 N–H and O–H groups in total. The van der Waals surface area contributed by atoms with E-state index >= 15 is 0 Å². The molecule has 0 radical (unpaired) electrons. The maximum Gasteiger partial charge on any atom is 0.137 e. The van der Waals surface area contributed by atoms with Gasteiger partial charge in [0.1, 0.15) is 17.3 Å². The first-order chi connectivity index (χ1) is 9.16. The van der Waals surface area contributed by atoms with Gasteiger partial charge in [0.2, 0.25) is 0 Å². The lowest BCUT2D eigenvalue weighted by Crippen LogP contribution is -2.33. The van der Waals surface area contributed by atoms with E-state index in [2.05, 4.69) is 4.90 Å². The predicted octanol–water partition coefficient (Wildman–Crippen LogP) is 2.84. The lowest BCUT2D eigenvalue weighted by atomic mass is 10.1. The normalized spacial score (nSPS) is 16.3. The molecule has 1 fully saturated rings. The van der Waals surface area contributed by atoms with Crippen LogP contribution in [0.25, 0.3) is 0 Å². The molecule has 0 saturated carbocycles. The molecule has 0 atom stereocenters. The van der Waals surface area contributed by atoms with Gasteiger partial charge < -0.3 is 10.5 Å². The van der Waals surface area contributed by atoms with E-state index in [0.29, 0.717) is 22.4 Å². The van der Waals surface area contributed by atoms with Gasteiger partial charge in [0.15, 0.2) is 0 Å². The van der Waals surface area contributed by atoms with E-state index in [1.54, 1.807) is 6.07 Å². The molecule has 0 unspecified atom stereocenters. The van der Waals surface area contributed by atoms with Crippen LogP contribution in [0.4, 0.5) is 0 Å². The summed E-state index contributed by atoms with van der Waals surface area (Å²) in [7, 11) is 0. The zero-order valence-corrected chi connectivity index (χ0v) is 12.5. The Morgan fingerprint density at radius 3 is 2.68 bits per heavy atom. The van der Waals surface area contributed by atoms with Crippen LogP contribution in [-0.2, 0) is 0 Å². The summed E-state index contributed by atoms with van der Waals surface area (Å²) in [4.78, 5) is 2.78. The first kappa shape index (κ1) is 14.6. The third kappa shape index (κ3) is 4.34. The number of nitrogens with two attached hydrogens (primary N) is 1. The highest BCUT2D eigenvalue weighted by Crippen LogP contribution is 2.25. The average Bonchev–Trinajstić information content (AvgIpc) is 2.41. The third-order valence-electron chi connectivity index (χ3n) is 3.33. The number of halogens is 1. The van der Waals surface area contributed by atoms with Gasteiger partial charge in [0, 0.05) is 12.1 Å². The minimum absolute atomic E-state index is 0.349. The summed E-state index contributed by atoms with van der Waals surface area (Å²) < 4.78 is 5.72. The predicted molar refractivity (Wildman–Crippen MR) is 83.1 cm³/mol. The van der Waals surface area contributed by atoms with Crippen LogP contribution in [-0.4, -0.2) is 36.1 Å². The molecule has 0 spiro atoms. The van der Waals surface area contributed by atoms with E-state index in [1.165, 1.54) is 32.4 Å². The Bertz CT molecular complexity index is 447. The van der Waals surface area contributed by atoms with Gasteiger partial charge in [-0.1, -0.05) is 30.2 Å². The summed E-state index contributed by atoms with van der Waals surface area (Å²) in [6.45, 7) is 3.97. The quantitative estimate of drug-likeness (QED) is 0.849. The van der Waals surface area contributed by atoms with Crippen molar-refractivity contribution < 1.29 is 4.74 Å². The van der Waals surface area contributed by atoms with E-state index in [4.69, 9.17) is 34.3 Å². The van der Waals surface area contributed by atoms with E-state index in [1.807, 2.05) is 12.1 Å². The Kier molecular flexibility index (Phi) is 5.43. The van der Waals surface area contributed by atoms with Crippen molar-refractivity contribution in [3.8, 4) is 5.75 Å². The van der Waals surface area contributed by atoms with Crippen molar-refractivity contribution in [3.05, 3.63) is 28.8 Å². The maximum absolute atomic E-state index is 6.14. The second-order valence-electron chi connectivity index (χ2n) is 4.76. The van der Waals surface area contributed by atoms with E-state index < -0.39 is 0 Å². The van der Waals surface area contributed by atoms with E-state index in [0.717, 1.165) is 12.1 Å². The van der Waals surface area contributed by atoms with Crippen molar-refractivity contribution in [3.63, 3.8) is 0 Å². The Balaban J connectivity index is 1.83. The van der Waals surface area contributed by atoms with Crippen LogP contribution in [0.1, 0.15) is 24.8 Å². The largest absolute Gasteiger partial charge is 0.491 e. The Morgan fingerprint density at radius 1 is 1.32 bits per heavy atom. The second kappa shape index (κ2) is 7.08. The summed E-state index contributed by atoms with van der Waals surface area (Å²) >= 11 is 11.1. The smallest absolute Gasteiger partial charge is 0.137 e. The fourth-order valence-corrected chi connectivity index (χ4v) is 2.60. The molecule has 1 saturated heterocycles. The topological polar surface area (TPSA) is 38.5 Å². The average molecular weight is 299 g/mol. The monoisotopic (exact) mass is 298 g/mol. The second-order valence-corrected chi connectivity index (χ2v) is 5.61. The zero-order valence-electron chi connectivity index (χ0n) is 10.9. The number of piperidine rings is 1. The van der Waals surface area contributed by atoms with Crippen LogP contribution in [0.15, 0.2) is 18.2 Å². The number of benzene rings is 1. The first-order valence-corrected chi connectivity index (χ1v) is 7.40. The van der Waals surface area contributed by atoms with Gasteiger partial charge in [-0.2, -0.15) is 0 Å². The number of likely N-dealkylation sites (tertiary alicyclic amines) is 1. The molecule has 1 heterocycles. The summed E-state index contributed by atoms with van der Waals surface area (Å²) in [5, 5.41) is 0.559. The third-order valence-corrected chi connectivity index (χ3v) is 3.86. The maximum atomic E-state index is 6.14. The number of hydrogen-bond donors (Lipinski definition) is 1. The van der Waals surface area contributed by atoms with Crippen LogP contribution in [0, 0.1) is 0 Å². The van der Waals surface area contributed by atoms with Crippen molar-refractivity contribution in [1.29, 1.82) is 0 Å². The summed E-state index contributed by atoms with van der Waals surface area (Å²) in [6, 6.07) is 5.41. The van der Waals surface area contributed by atoms with Crippen molar-refractivity contribution in [2.24, 2.45) is 5.73 Å². The van der Waals surface area contributed by atoms with Crippen molar-refractivity contribution in [2.45, 2.75) is 19.3 Å². The van der Waals surface area contributed by atoms with Gasteiger partial charge in [-0.3, -0.25) is 4.90 Å². The molecule has 0 amide bonds. The Morgan fingerprint density at radius 2 is 2.05 bits per heavy atom. The molecule has 19 heavy (non-hydrogen) atoms. The van der Waals surface area contributed by atoms with Crippen molar-refractivity contribution >= 4 is 28.8 Å². The highest BCUT2D eigenvalue weighted by Gasteiger charge is 2.10. The zero-order chi connectivity index (χ0) is 13.7. The first-order valence-electron chi connectivity index (χ1n) is 6.61. The molecule has 3 nitrogen and oxygen atoms in total. The lowest BCUT2D eigenvalue weighted by Gasteiger charge is -2.26. The molecule has 0 bridgehead atoms. The Labute approximate surface area is 124 Å². The molecule has 1 aliphatic heterocycles. The van der Waals surface area contributed by atoms with Gasteiger partial charge in [-0.15, -0.1) is 0 Å². The number of ether oxygens (including phenoxy) is 1. The highest BCUT2D eigenvalue weighted by atomic mass is 35.5. The molecule has 1 aromatic rings. The number of rotatable bonds is 5. The number of hydrogen-bond acceptors (Lipinski definition) is 3. The van der Waals surface area contributed by atoms with Crippen LogP contribution < -0.4 is 10.5 Å². The van der Waals surface area contributed by atoms with Crippen LogP contribution >= 0.6 is 23.8 Å². The summed E-state index contributed by atoms with van der Waals surface area (Å²) in [6.07, 6.45) is 3.94. The van der Waals surface area contributed by atoms with Gasteiger partial charge in [-0.05, 0) is 44.1 Å². The number of thiocarbonyl (C=S) groups is 1. The van der Waals surface area contributed by atoms with E-state index in [9.17, 15) is 0 Å². The van der Waals surface area contributed by atoms with Crippen molar-refractivity contribution in [2.75, 3.05) is 26.2 Å². The molecule has 0 aromatic heterocycles. The molecule has 1 aliphatic rings. The van der Waals surface area contributed by atoms with Crippen LogP contribution in [0.3, 0.4) is 0 Å². The summed E-state index contributed by atoms with van der Waals surface area (Å²) in [5.41, 5.74) is 6.32. The Hall–Kier alpha value is -0.840. The van der Waals surface area contributed by atoms with Crippen LogP contribution in [0.2, 0.25) is 5.02 Å². The fraction of sp³-hybridized carbons (Fsp3) is 0.500. The molecule has 5 heteroatoms. The van der Waals surface area contributed by atoms with Crippen molar-refractivity contribution in [1.82, 2.24) is 4.90 Å². The minimum Gasteiger partial charge on any atom is -0.491 e. The van der Waals surface area contributed by atoms with E-state index in [-0.39, 0.29) is 0 Å². The SMILES string of the molecule is NC(=S)c1ccc(OCCN2CCCCC2)c(Cl)c1. The van der Waals surface area contributed by atoms with Gasteiger partial charge >= 0.3 is 0 Å². The standard InChI is InChI=1S/C14H19ClN2OS/c15-12-10-11(14(16)19)4-5-13(12)18-9-8-17-6-2-1-3-7-17/h4-5,10H,1-3,6-9H2,(H2,16,19). The minimum atomic E-state index is 0.349. The number of nitrogens with zero attached hydrogens (tertiary/aromatic N) is 1. The van der Waals surface area contributed by atoms with Gasteiger partial charge in [0.25, 0.3) is 0 Å². The lowest BCUT2D eigenvalue weighted by molar-refractivity contribution is 0.183. The fourth-order valence-electron chi connectivity index (χ4n) is 2.24. The molecular formula is C14H19ClN2OS. The van der Waals surface area contributed by atoms with Gasteiger partial charge in [0.05, 0.1) is 5.02 Å². The highest BCUT2D eigenvalue weighted by molar-refractivity contribution is 7.80. The molecular weight excluding hydrogens is 280 g/mol. The molecule has 1 aromatic carbocycles. The van der Waals surface area contributed by atoms with Crippen LogP contribution in [0.5, 0.6) is 5.75 Å².